The minimum Gasteiger partial charge on any atom is -0.355 e. The predicted molar refractivity (Wildman–Crippen MR) is 86.5 cm³/mol. The molecule has 4 nitrogen and oxygen atoms in total. The summed E-state index contributed by atoms with van der Waals surface area (Å²) in [5, 5.41) is 8.18. The van der Waals surface area contributed by atoms with Gasteiger partial charge in [-0.1, -0.05) is 24.3 Å². The van der Waals surface area contributed by atoms with E-state index in [1.54, 1.807) is 10.7 Å². The van der Waals surface area contributed by atoms with Gasteiger partial charge in [0, 0.05) is 36.9 Å². The van der Waals surface area contributed by atoms with Crippen molar-refractivity contribution in [2.75, 3.05) is 6.54 Å². The molecule has 1 amide bonds. The standard InChI is InChI=1S/C18H16FN3O/c1-22-16-7-6-14(19)9-15(16)18(21-22)12-4-2-11(3-5-12)13-8-17(23)20-10-13/h2-7,9,13H,8,10H2,1H3,(H,20,23). The molecule has 5 heteroatoms. The Morgan fingerprint density at radius 1 is 1.22 bits per heavy atom. The summed E-state index contributed by atoms with van der Waals surface area (Å²) in [6.07, 6.45) is 0.539. The van der Waals surface area contributed by atoms with Gasteiger partial charge in [0.05, 0.1) is 5.52 Å². The van der Waals surface area contributed by atoms with Crippen molar-refractivity contribution in [3.63, 3.8) is 0 Å². The van der Waals surface area contributed by atoms with Gasteiger partial charge < -0.3 is 5.32 Å². The molecule has 1 aromatic heterocycles. The van der Waals surface area contributed by atoms with Crippen LogP contribution in [0.2, 0.25) is 0 Å². The minimum atomic E-state index is -0.265. The van der Waals surface area contributed by atoms with Gasteiger partial charge in [-0.05, 0) is 23.8 Å². The number of halogens is 1. The van der Waals surface area contributed by atoms with Gasteiger partial charge in [-0.25, -0.2) is 4.39 Å². The van der Waals surface area contributed by atoms with Crippen LogP contribution >= 0.6 is 0 Å². The number of hydrogen-bond donors (Lipinski definition) is 1. The monoisotopic (exact) mass is 309 g/mol. The van der Waals surface area contributed by atoms with E-state index in [-0.39, 0.29) is 17.6 Å². The van der Waals surface area contributed by atoms with Crippen molar-refractivity contribution in [1.82, 2.24) is 15.1 Å². The highest BCUT2D eigenvalue weighted by Gasteiger charge is 2.23. The summed E-state index contributed by atoms with van der Waals surface area (Å²) in [4.78, 5) is 11.3. The lowest BCUT2D eigenvalue weighted by atomic mass is 9.96. The van der Waals surface area contributed by atoms with Gasteiger partial charge >= 0.3 is 0 Å². The first-order valence-electron chi connectivity index (χ1n) is 7.61. The van der Waals surface area contributed by atoms with E-state index in [2.05, 4.69) is 10.4 Å². The van der Waals surface area contributed by atoms with Crippen molar-refractivity contribution in [2.24, 2.45) is 7.05 Å². The van der Waals surface area contributed by atoms with Gasteiger partial charge in [0.1, 0.15) is 11.5 Å². The van der Waals surface area contributed by atoms with E-state index in [9.17, 15) is 9.18 Å². The number of benzene rings is 2. The Morgan fingerprint density at radius 2 is 2.00 bits per heavy atom. The Morgan fingerprint density at radius 3 is 2.70 bits per heavy atom. The number of aromatic nitrogens is 2. The van der Waals surface area contributed by atoms with Crippen molar-refractivity contribution in [1.29, 1.82) is 0 Å². The SMILES string of the molecule is Cn1nc(-c2ccc(C3CNC(=O)C3)cc2)c2cc(F)ccc21. The molecule has 3 aromatic rings. The molecular formula is C18H16FN3O. The van der Waals surface area contributed by atoms with E-state index in [1.807, 2.05) is 31.3 Å². The highest BCUT2D eigenvalue weighted by Crippen LogP contribution is 2.30. The van der Waals surface area contributed by atoms with E-state index >= 15 is 0 Å². The van der Waals surface area contributed by atoms with Gasteiger partial charge in [0.2, 0.25) is 5.91 Å². The number of amides is 1. The molecular weight excluding hydrogens is 293 g/mol. The van der Waals surface area contributed by atoms with Crippen LogP contribution in [0, 0.1) is 5.82 Å². The van der Waals surface area contributed by atoms with E-state index in [4.69, 9.17) is 0 Å². The van der Waals surface area contributed by atoms with Crippen molar-refractivity contribution in [3.05, 3.63) is 53.8 Å². The smallest absolute Gasteiger partial charge is 0.220 e. The lowest BCUT2D eigenvalue weighted by molar-refractivity contribution is -0.119. The number of aryl methyl sites for hydroxylation is 1. The Labute approximate surface area is 132 Å². The van der Waals surface area contributed by atoms with E-state index in [1.165, 1.54) is 12.1 Å². The molecule has 23 heavy (non-hydrogen) atoms. The van der Waals surface area contributed by atoms with Crippen molar-refractivity contribution < 1.29 is 9.18 Å². The third-order valence-electron chi connectivity index (χ3n) is 4.45. The van der Waals surface area contributed by atoms with Gasteiger partial charge in [-0.3, -0.25) is 9.48 Å². The second-order valence-corrected chi connectivity index (χ2v) is 5.96. The zero-order chi connectivity index (χ0) is 16.0. The van der Waals surface area contributed by atoms with Gasteiger partial charge in [0.15, 0.2) is 0 Å². The average molecular weight is 309 g/mol. The largest absolute Gasteiger partial charge is 0.355 e. The van der Waals surface area contributed by atoms with Crippen LogP contribution < -0.4 is 5.32 Å². The Bertz CT molecular complexity index is 899. The first-order valence-corrected chi connectivity index (χ1v) is 7.61. The van der Waals surface area contributed by atoms with Crippen LogP contribution in [0.4, 0.5) is 4.39 Å². The fraction of sp³-hybridized carbons (Fsp3) is 0.222. The normalized spacial score (nSPS) is 17.7. The molecule has 1 unspecified atom stereocenters. The van der Waals surface area contributed by atoms with Crippen molar-refractivity contribution in [3.8, 4) is 11.3 Å². The number of hydrogen-bond acceptors (Lipinski definition) is 2. The maximum atomic E-state index is 13.6. The number of fused-ring (bicyclic) bond motifs is 1. The second kappa shape index (κ2) is 5.19. The summed E-state index contributed by atoms with van der Waals surface area (Å²) in [6, 6.07) is 12.7. The molecule has 1 N–H and O–H groups in total. The van der Waals surface area contributed by atoms with E-state index in [0.717, 1.165) is 27.7 Å². The highest BCUT2D eigenvalue weighted by molar-refractivity contribution is 5.93. The maximum absolute atomic E-state index is 13.6. The van der Waals surface area contributed by atoms with Crippen LogP contribution in [0.15, 0.2) is 42.5 Å². The lowest BCUT2D eigenvalue weighted by Gasteiger charge is -2.08. The summed E-state index contributed by atoms with van der Waals surface area (Å²) in [6.45, 7) is 0.690. The summed E-state index contributed by atoms with van der Waals surface area (Å²) in [5.41, 5.74) is 3.76. The number of rotatable bonds is 2. The molecule has 1 aliphatic rings. The van der Waals surface area contributed by atoms with Gasteiger partial charge in [-0.2, -0.15) is 5.10 Å². The van der Waals surface area contributed by atoms with Gasteiger partial charge in [-0.15, -0.1) is 0 Å². The summed E-state index contributed by atoms with van der Waals surface area (Å²) >= 11 is 0. The molecule has 0 bridgehead atoms. The zero-order valence-corrected chi connectivity index (χ0v) is 12.7. The summed E-state index contributed by atoms with van der Waals surface area (Å²) in [7, 11) is 1.86. The third kappa shape index (κ3) is 2.38. The fourth-order valence-electron chi connectivity index (χ4n) is 3.21. The molecule has 0 saturated carbocycles. The molecule has 1 aliphatic heterocycles. The summed E-state index contributed by atoms with van der Waals surface area (Å²) in [5.74, 6) is 0.0682. The van der Waals surface area contributed by atoms with Crippen molar-refractivity contribution in [2.45, 2.75) is 12.3 Å². The first-order chi connectivity index (χ1) is 11.1. The Balaban J connectivity index is 1.74. The van der Waals surface area contributed by atoms with Crippen LogP contribution in [-0.2, 0) is 11.8 Å². The molecule has 1 saturated heterocycles. The topological polar surface area (TPSA) is 46.9 Å². The molecule has 1 fully saturated rings. The van der Waals surface area contributed by atoms with Crippen LogP contribution in [-0.4, -0.2) is 22.2 Å². The number of nitrogens with one attached hydrogen (secondary N) is 1. The molecule has 2 heterocycles. The van der Waals surface area contributed by atoms with Crippen molar-refractivity contribution >= 4 is 16.8 Å². The molecule has 4 rings (SSSR count). The van der Waals surface area contributed by atoms with E-state index in [0.29, 0.717) is 13.0 Å². The minimum absolute atomic E-state index is 0.102. The second-order valence-electron chi connectivity index (χ2n) is 5.96. The van der Waals surface area contributed by atoms with Crippen LogP contribution in [0.5, 0.6) is 0 Å². The Kier molecular flexibility index (Phi) is 3.15. The number of carbonyl (C=O) groups excluding carboxylic acids is 1. The molecule has 2 aromatic carbocycles. The lowest BCUT2D eigenvalue weighted by Crippen LogP contribution is -2.13. The first kappa shape index (κ1) is 13.9. The maximum Gasteiger partial charge on any atom is 0.220 e. The Hall–Kier alpha value is -2.69. The van der Waals surface area contributed by atoms with Crippen LogP contribution in [0.3, 0.4) is 0 Å². The van der Waals surface area contributed by atoms with Crippen LogP contribution in [0.1, 0.15) is 17.9 Å². The highest BCUT2D eigenvalue weighted by atomic mass is 19.1. The molecule has 1 atom stereocenters. The number of carbonyl (C=O) groups is 1. The quantitative estimate of drug-likeness (QED) is 0.791. The third-order valence-corrected chi connectivity index (χ3v) is 4.45. The summed E-state index contributed by atoms with van der Waals surface area (Å²) < 4.78 is 15.3. The molecule has 116 valence electrons. The fourth-order valence-corrected chi connectivity index (χ4v) is 3.21. The van der Waals surface area contributed by atoms with Gasteiger partial charge in [0.25, 0.3) is 0 Å². The predicted octanol–water partition coefficient (Wildman–Crippen LogP) is 2.98. The zero-order valence-electron chi connectivity index (χ0n) is 12.7. The van der Waals surface area contributed by atoms with Crippen LogP contribution in [0.25, 0.3) is 22.2 Å². The molecule has 0 spiro atoms. The molecule has 0 radical (unpaired) electrons. The van der Waals surface area contributed by atoms with E-state index < -0.39 is 0 Å². The molecule has 0 aliphatic carbocycles. The average Bonchev–Trinajstić information content (AvgIpc) is 3.11. The number of nitrogens with zero attached hydrogens (tertiary/aromatic N) is 2.